The molecule has 1 heterocycles. The van der Waals surface area contributed by atoms with E-state index in [1.54, 1.807) is 12.1 Å². The lowest BCUT2D eigenvalue weighted by Crippen LogP contribution is -2.07. The van der Waals surface area contributed by atoms with Crippen molar-refractivity contribution < 1.29 is 9.18 Å². The van der Waals surface area contributed by atoms with E-state index in [1.807, 2.05) is 18.2 Å². The molecule has 0 unspecified atom stereocenters. The Morgan fingerprint density at radius 1 is 1.00 bits per heavy atom. The third kappa shape index (κ3) is 3.55. The summed E-state index contributed by atoms with van der Waals surface area (Å²) in [5, 5.41) is 0. The molecule has 0 radical (unpaired) electrons. The monoisotopic (exact) mass is 335 g/mol. The zero-order chi connectivity index (χ0) is 17.8. The molecule has 0 amide bonds. The molecular formula is C22H22FNO. The van der Waals surface area contributed by atoms with Gasteiger partial charge in [0.15, 0.2) is 0 Å². The van der Waals surface area contributed by atoms with E-state index in [9.17, 15) is 9.18 Å². The second-order valence-corrected chi connectivity index (χ2v) is 6.47. The number of benzene rings is 2. The summed E-state index contributed by atoms with van der Waals surface area (Å²) in [5.74, 6) is 0.0726. The quantitative estimate of drug-likeness (QED) is 0.532. The van der Waals surface area contributed by atoms with Crippen LogP contribution in [0.3, 0.4) is 0 Å². The van der Waals surface area contributed by atoms with Gasteiger partial charge in [-0.25, -0.2) is 4.39 Å². The van der Waals surface area contributed by atoms with Crippen LogP contribution < -0.4 is 0 Å². The predicted molar refractivity (Wildman–Crippen MR) is 100 cm³/mol. The summed E-state index contributed by atoms with van der Waals surface area (Å²) < 4.78 is 15.6. The second kappa shape index (κ2) is 7.47. The highest BCUT2D eigenvalue weighted by atomic mass is 19.1. The molecule has 25 heavy (non-hydrogen) atoms. The van der Waals surface area contributed by atoms with E-state index in [0.717, 1.165) is 28.7 Å². The third-order valence-electron chi connectivity index (χ3n) is 4.39. The molecule has 0 fully saturated rings. The first kappa shape index (κ1) is 17.2. The maximum absolute atomic E-state index is 13.4. The van der Waals surface area contributed by atoms with Crippen molar-refractivity contribution in [1.29, 1.82) is 0 Å². The summed E-state index contributed by atoms with van der Waals surface area (Å²) in [6.45, 7) is 4.92. The lowest BCUT2D eigenvalue weighted by molar-refractivity contribution is -0.108. The first-order chi connectivity index (χ1) is 12.1. The number of carbonyl (C=O) groups excluding carboxylic acids is 1. The molecule has 0 N–H and O–H groups in total. The number of hydrogen-bond acceptors (Lipinski definition) is 1. The molecule has 0 aliphatic carbocycles. The Kier molecular flexibility index (Phi) is 5.13. The number of hydrogen-bond donors (Lipinski definition) is 0. The number of carbonyl (C=O) groups is 1. The summed E-state index contributed by atoms with van der Waals surface area (Å²) in [5.41, 5.74) is 5.41. The van der Waals surface area contributed by atoms with Crippen molar-refractivity contribution in [3.8, 4) is 22.4 Å². The minimum atomic E-state index is -0.250. The van der Waals surface area contributed by atoms with Crippen LogP contribution in [0.15, 0.2) is 60.7 Å². The molecule has 2 aromatic carbocycles. The van der Waals surface area contributed by atoms with Crippen molar-refractivity contribution in [2.75, 3.05) is 0 Å². The Hall–Kier alpha value is -2.68. The van der Waals surface area contributed by atoms with Gasteiger partial charge in [0.1, 0.15) is 12.1 Å². The molecule has 0 aliphatic rings. The molecule has 3 heteroatoms. The average molecular weight is 335 g/mol. The summed E-state index contributed by atoms with van der Waals surface area (Å²) >= 11 is 0. The highest BCUT2D eigenvalue weighted by Gasteiger charge is 2.19. The van der Waals surface area contributed by atoms with Gasteiger partial charge in [0.2, 0.25) is 0 Å². The molecule has 0 spiro atoms. The predicted octanol–water partition coefficient (Wildman–Crippen LogP) is 5.67. The van der Waals surface area contributed by atoms with E-state index in [-0.39, 0.29) is 5.82 Å². The zero-order valence-electron chi connectivity index (χ0n) is 14.6. The maximum atomic E-state index is 13.4. The van der Waals surface area contributed by atoms with Gasteiger partial charge in [-0.2, -0.15) is 0 Å². The van der Waals surface area contributed by atoms with Gasteiger partial charge in [-0.1, -0.05) is 44.2 Å². The molecule has 1 aromatic heterocycles. The fourth-order valence-corrected chi connectivity index (χ4v) is 3.23. The molecule has 0 bridgehead atoms. The smallest absolute Gasteiger partial charge is 0.123 e. The Labute approximate surface area is 147 Å². The van der Waals surface area contributed by atoms with Crippen LogP contribution in [0.2, 0.25) is 0 Å². The normalized spacial score (nSPS) is 11.0. The maximum Gasteiger partial charge on any atom is 0.123 e. The van der Waals surface area contributed by atoms with Crippen LogP contribution in [0, 0.1) is 5.82 Å². The standard InChI is InChI=1S/C22H22FNO/c1-16(2)21-15-20(17-7-4-3-5-8-17)22(24(21)13-6-14-25)18-9-11-19(23)12-10-18/h3-5,7-12,14-16H,6,13H2,1-2H3. The lowest BCUT2D eigenvalue weighted by atomic mass is 10.0. The van der Waals surface area contributed by atoms with Gasteiger partial charge in [0.05, 0.1) is 5.69 Å². The highest BCUT2D eigenvalue weighted by molar-refractivity contribution is 5.83. The first-order valence-electron chi connectivity index (χ1n) is 8.60. The van der Waals surface area contributed by atoms with Crippen molar-refractivity contribution in [2.24, 2.45) is 0 Å². The van der Waals surface area contributed by atoms with Crippen LogP contribution in [0.25, 0.3) is 22.4 Å². The Morgan fingerprint density at radius 2 is 1.68 bits per heavy atom. The van der Waals surface area contributed by atoms with Crippen molar-refractivity contribution in [1.82, 2.24) is 4.57 Å². The van der Waals surface area contributed by atoms with Gasteiger partial charge in [0.25, 0.3) is 0 Å². The van der Waals surface area contributed by atoms with Crippen LogP contribution in [-0.2, 0) is 11.3 Å². The van der Waals surface area contributed by atoms with Crippen molar-refractivity contribution in [3.63, 3.8) is 0 Å². The van der Waals surface area contributed by atoms with Crippen LogP contribution in [-0.4, -0.2) is 10.9 Å². The van der Waals surface area contributed by atoms with Crippen LogP contribution in [0.5, 0.6) is 0 Å². The lowest BCUT2D eigenvalue weighted by Gasteiger charge is -2.15. The minimum Gasteiger partial charge on any atom is -0.343 e. The molecule has 3 rings (SSSR count). The number of halogens is 1. The first-order valence-corrected chi connectivity index (χ1v) is 8.60. The van der Waals surface area contributed by atoms with Gasteiger partial charge >= 0.3 is 0 Å². The van der Waals surface area contributed by atoms with Crippen LogP contribution >= 0.6 is 0 Å². The molecule has 0 aliphatic heterocycles. The topological polar surface area (TPSA) is 22.0 Å². The van der Waals surface area contributed by atoms with E-state index in [4.69, 9.17) is 0 Å². The van der Waals surface area contributed by atoms with Crippen molar-refractivity contribution in [2.45, 2.75) is 32.7 Å². The third-order valence-corrected chi connectivity index (χ3v) is 4.39. The molecule has 3 aromatic rings. The van der Waals surface area contributed by atoms with Crippen molar-refractivity contribution in [3.05, 3.63) is 72.2 Å². The Balaban J connectivity index is 2.26. The SMILES string of the molecule is CC(C)c1cc(-c2ccccc2)c(-c2ccc(F)cc2)n1CCC=O. The van der Waals surface area contributed by atoms with Gasteiger partial charge < -0.3 is 9.36 Å². The highest BCUT2D eigenvalue weighted by Crippen LogP contribution is 2.37. The van der Waals surface area contributed by atoms with Gasteiger partial charge in [-0.3, -0.25) is 0 Å². The number of aldehydes is 1. The largest absolute Gasteiger partial charge is 0.343 e. The molecular weight excluding hydrogens is 313 g/mol. The Bertz CT molecular complexity index is 848. The molecule has 0 atom stereocenters. The summed E-state index contributed by atoms with van der Waals surface area (Å²) in [4.78, 5) is 11.0. The van der Waals surface area contributed by atoms with E-state index < -0.39 is 0 Å². The van der Waals surface area contributed by atoms with E-state index >= 15 is 0 Å². The molecule has 2 nitrogen and oxygen atoms in total. The van der Waals surface area contributed by atoms with Gasteiger partial charge in [-0.05, 0) is 47.4 Å². The fraction of sp³-hybridized carbons (Fsp3) is 0.227. The summed E-state index contributed by atoms with van der Waals surface area (Å²) in [7, 11) is 0. The van der Waals surface area contributed by atoms with E-state index in [2.05, 4.69) is 36.6 Å². The fourth-order valence-electron chi connectivity index (χ4n) is 3.23. The van der Waals surface area contributed by atoms with Gasteiger partial charge in [0, 0.05) is 24.2 Å². The molecule has 0 saturated carbocycles. The zero-order valence-corrected chi connectivity index (χ0v) is 14.6. The van der Waals surface area contributed by atoms with E-state index in [0.29, 0.717) is 18.9 Å². The molecule has 0 saturated heterocycles. The summed E-state index contributed by atoms with van der Waals surface area (Å²) in [6, 6.07) is 19.0. The minimum absolute atomic E-state index is 0.250. The van der Waals surface area contributed by atoms with Crippen LogP contribution in [0.4, 0.5) is 4.39 Å². The summed E-state index contributed by atoms with van der Waals surface area (Å²) in [6.07, 6.45) is 1.40. The molecule has 128 valence electrons. The van der Waals surface area contributed by atoms with E-state index in [1.165, 1.54) is 17.8 Å². The Morgan fingerprint density at radius 3 is 2.28 bits per heavy atom. The number of rotatable bonds is 6. The van der Waals surface area contributed by atoms with Gasteiger partial charge in [-0.15, -0.1) is 0 Å². The number of aromatic nitrogens is 1. The average Bonchev–Trinajstić information content (AvgIpc) is 3.01. The van der Waals surface area contributed by atoms with Crippen molar-refractivity contribution >= 4 is 6.29 Å². The number of nitrogens with zero attached hydrogens (tertiary/aromatic N) is 1. The van der Waals surface area contributed by atoms with Crippen LogP contribution in [0.1, 0.15) is 31.9 Å². The second-order valence-electron chi connectivity index (χ2n) is 6.47.